The van der Waals surface area contributed by atoms with Gasteiger partial charge in [-0.2, -0.15) is 0 Å². The SMILES string of the molecule is CCC(C)(CC(C)(CC(C)(C)C(=O)OC1(C)CC(=O)OC1(C)C)C(=O)OC12CC3CC(O)(CC(O)(C3)C1)C2)C(=O)OC12CC3CC(O)(C1)CC(C(=O)OC(C)(C)C)(C3)C2. The summed E-state index contributed by atoms with van der Waals surface area (Å²) < 4.78 is 30.7. The molecule has 0 aromatic heterocycles. The number of esters is 5. The summed E-state index contributed by atoms with van der Waals surface area (Å²) in [4.78, 5) is 70.4. The molecule has 8 aliphatic carbocycles. The number of hydrogen-bond acceptors (Lipinski definition) is 13. The normalized spacial score (nSPS) is 42.4. The van der Waals surface area contributed by atoms with Crippen LogP contribution in [-0.2, 0) is 47.7 Å². The minimum atomic E-state index is -1.52. The lowest BCUT2D eigenvalue weighted by Gasteiger charge is -2.63. The van der Waals surface area contributed by atoms with Crippen molar-refractivity contribution >= 4 is 29.8 Å². The second kappa shape index (κ2) is 13.1. The first-order valence-corrected chi connectivity index (χ1v) is 22.0. The van der Waals surface area contributed by atoms with Gasteiger partial charge in [-0.05, 0) is 145 Å². The average Bonchev–Trinajstić information content (AvgIpc) is 3.20. The van der Waals surface area contributed by atoms with Crippen LogP contribution in [0.15, 0.2) is 0 Å². The molecule has 332 valence electrons. The molecule has 3 N–H and O–H groups in total. The van der Waals surface area contributed by atoms with Crippen molar-refractivity contribution in [3.63, 3.8) is 0 Å². The molecule has 8 saturated carbocycles. The van der Waals surface area contributed by atoms with Crippen LogP contribution >= 0.6 is 0 Å². The van der Waals surface area contributed by atoms with E-state index >= 15 is 4.79 Å². The molecule has 1 saturated heterocycles. The average molecular weight is 831 g/mol. The fourth-order valence-electron chi connectivity index (χ4n) is 13.9. The zero-order valence-corrected chi connectivity index (χ0v) is 37.4. The van der Waals surface area contributed by atoms with Crippen molar-refractivity contribution in [2.75, 3.05) is 0 Å². The molecule has 13 nitrogen and oxygen atoms in total. The van der Waals surface area contributed by atoms with Crippen LogP contribution in [0.1, 0.15) is 179 Å². The van der Waals surface area contributed by atoms with Gasteiger partial charge in [-0.1, -0.05) is 6.92 Å². The number of ether oxygens (including phenoxy) is 5. The zero-order valence-electron chi connectivity index (χ0n) is 37.4. The maximum atomic E-state index is 15.1. The number of aliphatic hydroxyl groups is 3. The highest BCUT2D eigenvalue weighted by atomic mass is 16.6. The standard InChI is InChI=1S/C46H70O13/c1-12-38(9,32(49)58-45-17-28-13-41(23-45,22-42(52,14-28)25-45)34(51)56-35(2,3)4)21-39(10,20-36(5,6)31(48)57-40(11)19-30(47)55-37(40,7)8)33(50)59-46-18-29-15-43(53,26-46)24-44(54,16-29)27-46/h28-29,52-54H,12-27H2,1-11H3. The third kappa shape index (κ3) is 7.85. The van der Waals surface area contributed by atoms with Crippen LogP contribution in [0.3, 0.4) is 0 Å². The highest BCUT2D eigenvalue weighted by molar-refractivity contribution is 5.84. The molecule has 9 atom stereocenters. The van der Waals surface area contributed by atoms with Gasteiger partial charge in [0.15, 0.2) is 5.60 Å². The van der Waals surface area contributed by atoms with Crippen LogP contribution in [0.25, 0.3) is 0 Å². The molecule has 1 aliphatic heterocycles. The van der Waals surface area contributed by atoms with Crippen molar-refractivity contribution < 1.29 is 63.0 Å². The molecule has 13 heteroatoms. The Bertz CT molecular complexity index is 1790. The highest BCUT2D eigenvalue weighted by Crippen LogP contribution is 2.66. The van der Waals surface area contributed by atoms with Crippen LogP contribution in [0.2, 0.25) is 0 Å². The predicted octanol–water partition coefficient (Wildman–Crippen LogP) is 6.32. The third-order valence-electron chi connectivity index (χ3n) is 15.8. The van der Waals surface area contributed by atoms with E-state index in [4.69, 9.17) is 23.7 Å². The molecule has 9 fully saturated rings. The Kier molecular flexibility index (Phi) is 9.86. The molecule has 9 aliphatic rings. The van der Waals surface area contributed by atoms with Crippen LogP contribution in [0.5, 0.6) is 0 Å². The topological polar surface area (TPSA) is 192 Å². The summed E-state index contributed by atoms with van der Waals surface area (Å²) in [5.74, 6) is -2.83. The molecule has 9 unspecified atom stereocenters. The van der Waals surface area contributed by atoms with E-state index in [1.54, 1.807) is 48.5 Å². The van der Waals surface area contributed by atoms with E-state index in [2.05, 4.69) is 0 Å². The number of carbonyl (C=O) groups excluding carboxylic acids is 5. The van der Waals surface area contributed by atoms with E-state index in [0.29, 0.717) is 38.5 Å². The first kappa shape index (κ1) is 44.3. The fraction of sp³-hybridized carbons (Fsp3) is 0.891. The molecule has 0 spiro atoms. The quantitative estimate of drug-likeness (QED) is 0.146. The van der Waals surface area contributed by atoms with E-state index in [0.717, 1.165) is 0 Å². The van der Waals surface area contributed by atoms with Gasteiger partial charge >= 0.3 is 29.8 Å². The van der Waals surface area contributed by atoms with Crippen molar-refractivity contribution in [1.29, 1.82) is 0 Å². The maximum absolute atomic E-state index is 15.1. The maximum Gasteiger partial charge on any atom is 0.312 e. The van der Waals surface area contributed by atoms with Gasteiger partial charge in [0.1, 0.15) is 22.4 Å². The Morgan fingerprint density at radius 2 is 1.14 bits per heavy atom. The van der Waals surface area contributed by atoms with E-state index in [1.807, 2.05) is 27.7 Å². The number of rotatable bonds is 12. The van der Waals surface area contributed by atoms with E-state index < -0.39 is 90.3 Å². The van der Waals surface area contributed by atoms with E-state index in [9.17, 15) is 34.5 Å². The monoisotopic (exact) mass is 830 g/mol. The van der Waals surface area contributed by atoms with Crippen molar-refractivity contribution in [3.05, 3.63) is 0 Å². The molecule has 8 bridgehead atoms. The summed E-state index contributed by atoms with van der Waals surface area (Å²) in [7, 11) is 0. The lowest BCUT2D eigenvalue weighted by atomic mass is 9.46. The van der Waals surface area contributed by atoms with Crippen molar-refractivity contribution in [1.82, 2.24) is 0 Å². The summed E-state index contributed by atoms with van der Waals surface area (Å²) in [6.45, 7) is 19.0. The molecular formula is C46H70O13. The Balaban J connectivity index is 1.19. The van der Waals surface area contributed by atoms with Crippen molar-refractivity contribution in [2.45, 2.75) is 224 Å². The minimum absolute atomic E-state index is 0.0258. The molecule has 59 heavy (non-hydrogen) atoms. The van der Waals surface area contributed by atoms with Crippen molar-refractivity contribution in [2.24, 2.45) is 33.5 Å². The van der Waals surface area contributed by atoms with E-state index in [1.165, 1.54) is 0 Å². The molecule has 0 radical (unpaired) electrons. The van der Waals surface area contributed by atoms with Crippen LogP contribution in [0, 0.1) is 33.5 Å². The Morgan fingerprint density at radius 3 is 1.59 bits per heavy atom. The minimum Gasteiger partial charge on any atom is -0.460 e. The van der Waals surface area contributed by atoms with Gasteiger partial charge in [-0.15, -0.1) is 0 Å². The van der Waals surface area contributed by atoms with Crippen LogP contribution in [-0.4, -0.2) is 90.0 Å². The van der Waals surface area contributed by atoms with Gasteiger partial charge in [0, 0.05) is 32.1 Å². The predicted molar refractivity (Wildman–Crippen MR) is 212 cm³/mol. The largest absolute Gasteiger partial charge is 0.460 e. The molecule has 0 aromatic carbocycles. The molecule has 1 heterocycles. The molecule has 0 aromatic rings. The first-order valence-electron chi connectivity index (χ1n) is 22.0. The molecule has 0 amide bonds. The first-order chi connectivity index (χ1) is 26.7. The lowest BCUT2D eigenvalue weighted by Crippen LogP contribution is -2.67. The van der Waals surface area contributed by atoms with Gasteiger partial charge in [-0.3, -0.25) is 24.0 Å². The van der Waals surface area contributed by atoms with Crippen molar-refractivity contribution in [3.8, 4) is 0 Å². The number of carbonyl (C=O) groups is 5. The summed E-state index contributed by atoms with van der Waals surface area (Å²) in [5, 5.41) is 35.0. The number of cyclic esters (lactones) is 1. The number of hydrogen-bond donors (Lipinski definition) is 3. The van der Waals surface area contributed by atoms with Gasteiger partial charge in [0.2, 0.25) is 0 Å². The van der Waals surface area contributed by atoms with Gasteiger partial charge < -0.3 is 39.0 Å². The zero-order chi connectivity index (χ0) is 43.9. The second-order valence-electron chi connectivity index (χ2n) is 24.1. The summed E-state index contributed by atoms with van der Waals surface area (Å²) in [5.41, 5.74) is -14.1. The van der Waals surface area contributed by atoms with Gasteiger partial charge in [-0.25, -0.2) is 0 Å². The molecule has 9 rings (SSSR count). The van der Waals surface area contributed by atoms with Crippen LogP contribution < -0.4 is 0 Å². The van der Waals surface area contributed by atoms with E-state index in [-0.39, 0.29) is 82.0 Å². The molecular weight excluding hydrogens is 760 g/mol. The fourth-order valence-corrected chi connectivity index (χ4v) is 13.9. The smallest absolute Gasteiger partial charge is 0.312 e. The Hall–Kier alpha value is -2.77. The lowest BCUT2D eigenvalue weighted by molar-refractivity contribution is -0.265. The Morgan fingerprint density at radius 1 is 0.644 bits per heavy atom. The summed E-state index contributed by atoms with van der Waals surface area (Å²) >= 11 is 0. The second-order valence-corrected chi connectivity index (χ2v) is 24.1. The third-order valence-corrected chi connectivity index (χ3v) is 15.8. The summed E-state index contributed by atoms with van der Waals surface area (Å²) in [6, 6.07) is 0. The van der Waals surface area contributed by atoms with Crippen LogP contribution in [0.4, 0.5) is 0 Å². The van der Waals surface area contributed by atoms with Gasteiger partial charge in [0.25, 0.3) is 0 Å². The Labute approximate surface area is 349 Å². The van der Waals surface area contributed by atoms with Gasteiger partial charge in [0.05, 0.1) is 44.9 Å². The summed E-state index contributed by atoms with van der Waals surface area (Å²) in [6.07, 6.45) is 4.28. The highest BCUT2D eigenvalue weighted by Gasteiger charge is 2.69.